The Hall–Kier alpha value is -1.05. The average molecular weight is 151 g/mol. The number of nitrogens with zero attached hydrogens (tertiary/aromatic N) is 1. The molecule has 0 bridgehead atoms. The summed E-state index contributed by atoms with van der Waals surface area (Å²) in [5, 5.41) is 3.18. The van der Waals surface area contributed by atoms with Crippen LogP contribution in [-0.4, -0.2) is 7.05 Å². The van der Waals surface area contributed by atoms with Crippen LogP contribution in [0.25, 0.3) is 0 Å². The molecule has 1 heterocycles. The van der Waals surface area contributed by atoms with Gasteiger partial charge in [0.25, 0.3) is 5.82 Å². The number of anilines is 1. The van der Waals surface area contributed by atoms with Crippen LogP contribution in [0.5, 0.6) is 0 Å². The molecule has 2 nitrogen and oxygen atoms in total. The van der Waals surface area contributed by atoms with E-state index in [0.717, 1.165) is 6.42 Å². The first-order valence-electron chi connectivity index (χ1n) is 3.95. The van der Waals surface area contributed by atoms with Crippen LogP contribution in [0.3, 0.4) is 0 Å². The zero-order chi connectivity index (χ0) is 8.27. The molecular formula is C9H15N2+. The predicted octanol–water partition coefficient (Wildman–Crippen LogP) is 1.12. The van der Waals surface area contributed by atoms with Gasteiger partial charge in [-0.1, -0.05) is 6.92 Å². The Bertz CT molecular complexity index is 243. The molecule has 0 spiro atoms. The number of pyridine rings is 1. The minimum Gasteiger partial charge on any atom is -0.277 e. The number of hydrogen-bond acceptors (Lipinski definition) is 1. The van der Waals surface area contributed by atoms with Gasteiger partial charge in [0.15, 0.2) is 0 Å². The third kappa shape index (κ3) is 1.50. The highest BCUT2D eigenvalue weighted by Crippen LogP contribution is 2.07. The maximum Gasteiger partial charge on any atom is 0.277 e. The van der Waals surface area contributed by atoms with E-state index in [9.17, 15) is 0 Å². The summed E-state index contributed by atoms with van der Waals surface area (Å²) in [7, 11) is 4.00. The van der Waals surface area contributed by atoms with Crippen LogP contribution in [0, 0.1) is 0 Å². The zero-order valence-corrected chi connectivity index (χ0v) is 7.39. The SMILES string of the molecule is CCc1ccc[n+](C)c1NC. The fraction of sp³-hybridized carbons (Fsp3) is 0.444. The van der Waals surface area contributed by atoms with Gasteiger partial charge < -0.3 is 0 Å². The highest BCUT2D eigenvalue weighted by Gasteiger charge is 2.06. The number of aryl methyl sites for hydroxylation is 2. The van der Waals surface area contributed by atoms with Crippen molar-refractivity contribution in [2.45, 2.75) is 13.3 Å². The molecule has 1 aromatic rings. The molecule has 1 aromatic heterocycles. The molecule has 0 amide bonds. The first kappa shape index (κ1) is 8.05. The smallest absolute Gasteiger partial charge is 0.277 e. The van der Waals surface area contributed by atoms with Gasteiger partial charge in [0.05, 0.1) is 20.3 Å². The molecule has 1 rings (SSSR count). The fourth-order valence-electron chi connectivity index (χ4n) is 1.29. The van der Waals surface area contributed by atoms with E-state index in [0.29, 0.717) is 0 Å². The third-order valence-electron chi connectivity index (χ3n) is 1.88. The molecule has 0 saturated carbocycles. The molecule has 0 unspecified atom stereocenters. The topological polar surface area (TPSA) is 15.9 Å². The van der Waals surface area contributed by atoms with Crippen molar-refractivity contribution in [3.05, 3.63) is 23.9 Å². The number of aromatic nitrogens is 1. The second-order valence-electron chi connectivity index (χ2n) is 2.60. The van der Waals surface area contributed by atoms with Crippen molar-refractivity contribution in [1.82, 2.24) is 0 Å². The van der Waals surface area contributed by atoms with Crippen LogP contribution in [0.15, 0.2) is 18.3 Å². The highest BCUT2D eigenvalue weighted by molar-refractivity contribution is 5.37. The molecular weight excluding hydrogens is 136 g/mol. The molecule has 0 aliphatic rings. The largest absolute Gasteiger partial charge is 0.277 e. The number of rotatable bonds is 2. The van der Waals surface area contributed by atoms with E-state index in [1.54, 1.807) is 0 Å². The van der Waals surface area contributed by atoms with E-state index in [1.165, 1.54) is 11.4 Å². The highest BCUT2D eigenvalue weighted by atomic mass is 15.1. The summed E-state index contributed by atoms with van der Waals surface area (Å²) in [6, 6.07) is 4.21. The van der Waals surface area contributed by atoms with Crippen LogP contribution >= 0.6 is 0 Å². The van der Waals surface area contributed by atoms with Gasteiger partial charge in [-0.25, -0.2) is 4.57 Å². The standard InChI is InChI=1S/C9H14N2/c1-4-8-6-5-7-11(3)9(8)10-2/h5-7H,4H2,1-3H3/p+1. The third-order valence-corrected chi connectivity index (χ3v) is 1.88. The number of hydrogen-bond donors (Lipinski definition) is 1. The summed E-state index contributed by atoms with van der Waals surface area (Å²) in [6.45, 7) is 2.16. The van der Waals surface area contributed by atoms with Crippen molar-refractivity contribution in [1.29, 1.82) is 0 Å². The van der Waals surface area contributed by atoms with Crippen molar-refractivity contribution in [3.8, 4) is 0 Å². The summed E-state index contributed by atoms with van der Waals surface area (Å²) in [6.07, 6.45) is 3.12. The summed E-state index contributed by atoms with van der Waals surface area (Å²) < 4.78 is 2.10. The van der Waals surface area contributed by atoms with Crippen LogP contribution in [0.2, 0.25) is 0 Å². The molecule has 0 atom stereocenters. The lowest BCUT2D eigenvalue weighted by Gasteiger charge is -2.03. The normalized spacial score (nSPS) is 9.73. The Morgan fingerprint density at radius 2 is 2.27 bits per heavy atom. The van der Waals surface area contributed by atoms with Crippen molar-refractivity contribution >= 4 is 5.82 Å². The lowest BCUT2D eigenvalue weighted by molar-refractivity contribution is -0.657. The van der Waals surface area contributed by atoms with E-state index in [-0.39, 0.29) is 0 Å². The van der Waals surface area contributed by atoms with Crippen LogP contribution in [0.4, 0.5) is 5.82 Å². The maximum atomic E-state index is 3.18. The molecule has 2 heteroatoms. The first-order valence-corrected chi connectivity index (χ1v) is 3.95. The van der Waals surface area contributed by atoms with Crippen LogP contribution < -0.4 is 9.88 Å². The number of nitrogens with one attached hydrogen (secondary N) is 1. The first-order chi connectivity index (χ1) is 5.29. The molecule has 1 N–H and O–H groups in total. The van der Waals surface area contributed by atoms with Gasteiger partial charge in [-0.05, 0) is 18.6 Å². The molecule has 0 radical (unpaired) electrons. The molecule has 0 aliphatic carbocycles. The quantitative estimate of drug-likeness (QED) is 0.626. The van der Waals surface area contributed by atoms with Gasteiger partial charge in [0.2, 0.25) is 0 Å². The van der Waals surface area contributed by atoms with E-state index < -0.39 is 0 Å². The van der Waals surface area contributed by atoms with Gasteiger partial charge in [-0.3, -0.25) is 5.32 Å². The Balaban J connectivity index is 3.13. The molecule has 0 fully saturated rings. The van der Waals surface area contributed by atoms with E-state index >= 15 is 0 Å². The van der Waals surface area contributed by atoms with E-state index in [1.807, 2.05) is 20.3 Å². The Kier molecular flexibility index (Phi) is 2.47. The molecule has 0 aliphatic heterocycles. The van der Waals surface area contributed by atoms with Gasteiger partial charge in [-0.15, -0.1) is 0 Å². The van der Waals surface area contributed by atoms with Crippen molar-refractivity contribution < 1.29 is 4.57 Å². The molecule has 0 saturated heterocycles. The lowest BCUT2D eigenvalue weighted by Crippen LogP contribution is -2.32. The van der Waals surface area contributed by atoms with Gasteiger partial charge in [0.1, 0.15) is 0 Å². The second-order valence-corrected chi connectivity index (χ2v) is 2.60. The minimum atomic E-state index is 1.07. The predicted molar refractivity (Wildman–Crippen MR) is 46.5 cm³/mol. The average Bonchev–Trinajstić information content (AvgIpc) is 2.04. The Morgan fingerprint density at radius 1 is 1.55 bits per heavy atom. The van der Waals surface area contributed by atoms with Crippen molar-refractivity contribution in [2.24, 2.45) is 7.05 Å². The van der Waals surface area contributed by atoms with Crippen molar-refractivity contribution in [2.75, 3.05) is 12.4 Å². The fourth-order valence-corrected chi connectivity index (χ4v) is 1.29. The van der Waals surface area contributed by atoms with E-state index in [4.69, 9.17) is 0 Å². The lowest BCUT2D eigenvalue weighted by atomic mass is 10.2. The second kappa shape index (κ2) is 3.37. The van der Waals surface area contributed by atoms with Gasteiger partial charge >= 0.3 is 0 Å². The summed E-state index contributed by atoms with van der Waals surface area (Å²) in [5.41, 5.74) is 1.36. The zero-order valence-electron chi connectivity index (χ0n) is 7.39. The molecule has 11 heavy (non-hydrogen) atoms. The van der Waals surface area contributed by atoms with Crippen molar-refractivity contribution in [3.63, 3.8) is 0 Å². The Labute approximate surface area is 67.9 Å². The summed E-state index contributed by atoms with van der Waals surface area (Å²) in [4.78, 5) is 0. The maximum absolute atomic E-state index is 3.18. The minimum absolute atomic E-state index is 1.07. The molecule has 60 valence electrons. The van der Waals surface area contributed by atoms with E-state index in [2.05, 4.69) is 28.9 Å². The Morgan fingerprint density at radius 3 is 2.73 bits per heavy atom. The summed E-state index contributed by atoms with van der Waals surface area (Å²) in [5.74, 6) is 1.20. The summed E-state index contributed by atoms with van der Waals surface area (Å²) >= 11 is 0. The van der Waals surface area contributed by atoms with Crippen LogP contribution in [-0.2, 0) is 13.5 Å². The molecule has 0 aromatic carbocycles. The van der Waals surface area contributed by atoms with Crippen LogP contribution in [0.1, 0.15) is 12.5 Å². The van der Waals surface area contributed by atoms with Gasteiger partial charge in [-0.2, -0.15) is 0 Å². The monoisotopic (exact) mass is 151 g/mol. The van der Waals surface area contributed by atoms with Gasteiger partial charge in [0, 0.05) is 5.56 Å².